The van der Waals surface area contributed by atoms with Crippen molar-refractivity contribution in [1.82, 2.24) is 19.7 Å². The van der Waals surface area contributed by atoms with Crippen LogP contribution in [0, 0.1) is 0 Å². The molecule has 0 radical (unpaired) electrons. The molecule has 0 aliphatic carbocycles. The summed E-state index contributed by atoms with van der Waals surface area (Å²) in [6.07, 6.45) is 3.70. The molecule has 0 saturated carbocycles. The van der Waals surface area contributed by atoms with Gasteiger partial charge in [-0.3, -0.25) is 29.3 Å². The minimum atomic E-state index is -0.175. The summed E-state index contributed by atoms with van der Waals surface area (Å²) in [5, 5.41) is 0. The largest absolute Gasteiger partial charge is 0.299 e. The van der Waals surface area contributed by atoms with Gasteiger partial charge in [0, 0.05) is 51.7 Å². The maximum Gasteiger partial charge on any atom is 0.261 e. The van der Waals surface area contributed by atoms with Crippen LogP contribution in [0.2, 0.25) is 0 Å². The Morgan fingerprint density at radius 3 is 1.88 bits per heavy atom. The number of benzene rings is 2. The molecule has 0 bridgehead atoms. The summed E-state index contributed by atoms with van der Waals surface area (Å²) in [6.45, 7) is 4.77. The van der Waals surface area contributed by atoms with Crippen molar-refractivity contribution in [2.75, 3.05) is 39.3 Å². The van der Waals surface area contributed by atoms with Crippen LogP contribution in [-0.2, 0) is 0 Å². The Hall–Kier alpha value is -3.35. The molecule has 3 aromatic rings. The molecule has 6 nitrogen and oxygen atoms in total. The second-order valence-electron chi connectivity index (χ2n) is 8.28. The standard InChI is InChI=1S/C26H26N4O2/c31-25-22-8-4-5-9-23(22)26(32)30(25)19-16-28-14-17-29(18-15-28)24(20-6-2-1-3-7-20)21-10-12-27-13-11-21/h1-13,24H,14-19H2. The normalized spacial score (nSPS) is 18.1. The van der Waals surface area contributed by atoms with Crippen molar-refractivity contribution in [3.05, 3.63) is 101 Å². The van der Waals surface area contributed by atoms with Crippen LogP contribution >= 0.6 is 0 Å². The lowest BCUT2D eigenvalue weighted by Crippen LogP contribution is -2.50. The molecule has 3 heterocycles. The highest BCUT2D eigenvalue weighted by atomic mass is 16.2. The molecule has 2 aliphatic rings. The summed E-state index contributed by atoms with van der Waals surface area (Å²) in [7, 11) is 0. The third-order valence-corrected chi connectivity index (χ3v) is 6.43. The molecule has 1 aromatic heterocycles. The lowest BCUT2D eigenvalue weighted by atomic mass is 9.97. The van der Waals surface area contributed by atoms with Gasteiger partial charge >= 0.3 is 0 Å². The van der Waals surface area contributed by atoms with Crippen molar-refractivity contribution in [3.8, 4) is 0 Å². The Morgan fingerprint density at radius 1 is 0.688 bits per heavy atom. The fourth-order valence-electron chi connectivity index (χ4n) is 4.72. The highest BCUT2D eigenvalue weighted by Gasteiger charge is 2.35. The average molecular weight is 427 g/mol. The van der Waals surface area contributed by atoms with Gasteiger partial charge in [-0.25, -0.2) is 0 Å². The van der Waals surface area contributed by atoms with Crippen LogP contribution in [0.4, 0.5) is 0 Å². The van der Waals surface area contributed by atoms with Gasteiger partial charge in [-0.15, -0.1) is 0 Å². The number of rotatable bonds is 6. The Kier molecular flexibility index (Phi) is 5.79. The minimum absolute atomic E-state index is 0.175. The van der Waals surface area contributed by atoms with E-state index in [4.69, 9.17) is 0 Å². The fraction of sp³-hybridized carbons (Fsp3) is 0.269. The molecule has 1 fully saturated rings. The van der Waals surface area contributed by atoms with E-state index in [0.29, 0.717) is 24.2 Å². The van der Waals surface area contributed by atoms with Crippen molar-refractivity contribution in [2.24, 2.45) is 0 Å². The third kappa shape index (κ3) is 3.95. The summed E-state index contributed by atoms with van der Waals surface area (Å²) >= 11 is 0. The van der Waals surface area contributed by atoms with Crippen LogP contribution in [0.1, 0.15) is 37.9 Å². The molecule has 0 spiro atoms. The van der Waals surface area contributed by atoms with Gasteiger partial charge in [0.05, 0.1) is 17.2 Å². The van der Waals surface area contributed by atoms with Crippen LogP contribution in [0.25, 0.3) is 0 Å². The molecule has 6 heteroatoms. The smallest absolute Gasteiger partial charge is 0.261 e. The summed E-state index contributed by atoms with van der Waals surface area (Å²) in [6, 6.07) is 22.0. The zero-order valence-corrected chi connectivity index (χ0v) is 17.9. The van der Waals surface area contributed by atoms with Gasteiger partial charge in [0.15, 0.2) is 0 Å². The third-order valence-electron chi connectivity index (χ3n) is 6.43. The van der Waals surface area contributed by atoms with E-state index in [2.05, 4.69) is 51.2 Å². The van der Waals surface area contributed by atoms with Crippen molar-refractivity contribution >= 4 is 11.8 Å². The second kappa shape index (κ2) is 9.02. The SMILES string of the molecule is O=C1c2ccccc2C(=O)N1CCN1CCN(C(c2ccccc2)c2ccncc2)CC1. The van der Waals surface area contributed by atoms with Crippen molar-refractivity contribution < 1.29 is 9.59 Å². The number of carbonyl (C=O) groups excluding carboxylic acids is 2. The molecule has 0 N–H and O–H groups in total. The number of hydrogen-bond acceptors (Lipinski definition) is 5. The van der Waals surface area contributed by atoms with Crippen LogP contribution in [-0.4, -0.2) is 70.8 Å². The Labute approximate surface area is 188 Å². The first-order valence-corrected chi connectivity index (χ1v) is 11.1. The van der Waals surface area contributed by atoms with Gasteiger partial charge in [0.2, 0.25) is 0 Å². The lowest BCUT2D eigenvalue weighted by Gasteiger charge is -2.40. The minimum Gasteiger partial charge on any atom is -0.299 e. The first-order chi connectivity index (χ1) is 15.7. The first-order valence-electron chi connectivity index (χ1n) is 11.1. The number of amides is 2. The molecule has 5 rings (SSSR count). The molecule has 2 aliphatic heterocycles. The van der Waals surface area contributed by atoms with Crippen molar-refractivity contribution in [2.45, 2.75) is 6.04 Å². The predicted molar refractivity (Wildman–Crippen MR) is 122 cm³/mol. The van der Waals surface area contributed by atoms with Gasteiger partial charge in [0.25, 0.3) is 11.8 Å². The zero-order chi connectivity index (χ0) is 21.9. The Balaban J connectivity index is 1.22. The summed E-state index contributed by atoms with van der Waals surface area (Å²) in [4.78, 5) is 35.6. The highest BCUT2D eigenvalue weighted by Crippen LogP contribution is 2.29. The van der Waals surface area contributed by atoms with Gasteiger partial charge in [-0.05, 0) is 35.4 Å². The maximum atomic E-state index is 12.6. The second-order valence-corrected chi connectivity index (χ2v) is 8.28. The fourth-order valence-corrected chi connectivity index (χ4v) is 4.72. The molecule has 32 heavy (non-hydrogen) atoms. The number of carbonyl (C=O) groups is 2. The molecule has 2 amide bonds. The van der Waals surface area contributed by atoms with E-state index in [0.717, 1.165) is 26.2 Å². The molecular weight excluding hydrogens is 400 g/mol. The Morgan fingerprint density at radius 2 is 1.25 bits per heavy atom. The first kappa shape index (κ1) is 20.5. The van der Waals surface area contributed by atoms with Crippen molar-refractivity contribution in [1.29, 1.82) is 0 Å². The van der Waals surface area contributed by atoms with E-state index >= 15 is 0 Å². The van der Waals surface area contributed by atoms with E-state index in [1.54, 1.807) is 24.3 Å². The summed E-state index contributed by atoms with van der Waals surface area (Å²) < 4.78 is 0. The van der Waals surface area contributed by atoms with Gasteiger partial charge in [-0.2, -0.15) is 0 Å². The topological polar surface area (TPSA) is 56.8 Å². The predicted octanol–water partition coefficient (Wildman–Crippen LogP) is 3.08. The molecule has 1 saturated heterocycles. The number of pyridine rings is 1. The molecule has 1 atom stereocenters. The summed E-state index contributed by atoms with van der Waals surface area (Å²) in [5.74, 6) is -0.350. The zero-order valence-electron chi connectivity index (χ0n) is 17.9. The van der Waals surface area contributed by atoms with E-state index in [9.17, 15) is 9.59 Å². The van der Waals surface area contributed by atoms with Crippen LogP contribution in [0.15, 0.2) is 79.1 Å². The van der Waals surface area contributed by atoms with Crippen molar-refractivity contribution in [3.63, 3.8) is 0 Å². The van der Waals surface area contributed by atoms with E-state index in [1.165, 1.54) is 16.0 Å². The monoisotopic (exact) mass is 426 g/mol. The van der Waals surface area contributed by atoms with Crippen LogP contribution < -0.4 is 0 Å². The number of nitrogens with zero attached hydrogens (tertiary/aromatic N) is 4. The number of piperazine rings is 1. The molecular formula is C26H26N4O2. The van der Waals surface area contributed by atoms with Gasteiger partial charge < -0.3 is 0 Å². The summed E-state index contributed by atoms with van der Waals surface area (Å²) in [5.41, 5.74) is 3.56. The molecule has 1 unspecified atom stereocenters. The van der Waals surface area contributed by atoms with Crippen LogP contribution in [0.3, 0.4) is 0 Å². The number of imide groups is 1. The average Bonchev–Trinajstić information content (AvgIpc) is 3.10. The van der Waals surface area contributed by atoms with Crippen LogP contribution in [0.5, 0.6) is 0 Å². The van der Waals surface area contributed by atoms with Gasteiger partial charge in [0.1, 0.15) is 0 Å². The van der Waals surface area contributed by atoms with Gasteiger partial charge in [-0.1, -0.05) is 42.5 Å². The van der Waals surface area contributed by atoms with E-state index in [-0.39, 0.29) is 17.9 Å². The quantitative estimate of drug-likeness (QED) is 0.567. The van der Waals surface area contributed by atoms with E-state index in [1.807, 2.05) is 18.5 Å². The lowest BCUT2D eigenvalue weighted by molar-refractivity contribution is 0.0603. The maximum absolute atomic E-state index is 12.6. The number of fused-ring (bicyclic) bond motifs is 1. The highest BCUT2D eigenvalue weighted by molar-refractivity contribution is 6.21. The molecule has 2 aromatic carbocycles. The number of aromatic nitrogens is 1. The molecule has 162 valence electrons. The number of hydrogen-bond donors (Lipinski definition) is 0. The van der Waals surface area contributed by atoms with E-state index < -0.39 is 0 Å². The Bertz CT molecular complexity index is 1020.